The van der Waals surface area contributed by atoms with Gasteiger partial charge in [-0.3, -0.25) is 24.1 Å². The molecule has 0 aromatic heterocycles. The fourth-order valence-corrected chi connectivity index (χ4v) is 9.46. The Morgan fingerprint density at radius 2 is 1.52 bits per heavy atom. The van der Waals surface area contributed by atoms with Crippen molar-refractivity contribution >= 4 is 58.8 Å². The Labute approximate surface area is 327 Å². The maximum absolute atomic E-state index is 14.7. The Morgan fingerprint density at radius 1 is 0.786 bits per heavy atom. The largest absolute Gasteiger partial charge is 0.504 e. The van der Waals surface area contributed by atoms with Crippen molar-refractivity contribution in [1.29, 1.82) is 0 Å². The summed E-state index contributed by atoms with van der Waals surface area (Å²) in [4.78, 5) is 60.1. The third-order valence-corrected chi connectivity index (χ3v) is 12.3. The highest BCUT2D eigenvalue weighted by atomic mass is 35.5. The number of nitrogens with zero attached hydrogens (tertiary/aromatic N) is 2. The number of amides is 4. The highest BCUT2D eigenvalue weighted by Crippen LogP contribution is 2.64. The summed E-state index contributed by atoms with van der Waals surface area (Å²) in [5.74, 6) is -4.61. The second-order valence-electron chi connectivity index (χ2n) is 14.7. The molecule has 10 nitrogen and oxygen atoms in total. The fourth-order valence-electron chi connectivity index (χ4n) is 9.28. The lowest BCUT2D eigenvalue weighted by Crippen LogP contribution is -2.48. The second kappa shape index (κ2) is 14.0. The maximum atomic E-state index is 14.7. The lowest BCUT2D eigenvalue weighted by atomic mass is 9.51. The van der Waals surface area contributed by atoms with Crippen LogP contribution in [0.1, 0.15) is 42.4 Å². The third kappa shape index (κ3) is 5.67. The van der Waals surface area contributed by atoms with E-state index >= 15 is 0 Å². The van der Waals surface area contributed by atoms with Crippen LogP contribution in [0, 0.1) is 34.9 Å². The van der Waals surface area contributed by atoms with Crippen LogP contribution >= 0.6 is 11.6 Å². The molecular weight excluding hydrogens is 739 g/mol. The summed E-state index contributed by atoms with van der Waals surface area (Å²) in [6.07, 6.45) is 6.12. The van der Waals surface area contributed by atoms with Crippen molar-refractivity contribution in [2.75, 3.05) is 31.1 Å². The molecule has 2 saturated heterocycles. The first-order chi connectivity index (χ1) is 26.9. The van der Waals surface area contributed by atoms with E-state index < -0.39 is 52.6 Å². The predicted octanol–water partition coefficient (Wildman–Crippen LogP) is 7.82. The number of allylic oxidation sites excluding steroid dienone is 2. The minimum Gasteiger partial charge on any atom is -0.504 e. The summed E-state index contributed by atoms with van der Waals surface area (Å²) in [6, 6.07) is 21.1. The zero-order chi connectivity index (χ0) is 39.6. The first kappa shape index (κ1) is 37.0. The molecule has 286 valence electrons. The minimum absolute atomic E-state index is 0.104. The molecule has 3 fully saturated rings. The van der Waals surface area contributed by atoms with Crippen LogP contribution < -0.4 is 24.0 Å². The van der Waals surface area contributed by atoms with E-state index in [2.05, 4.69) is 0 Å². The Balaban J connectivity index is 1.15. The molecule has 4 aromatic carbocycles. The molecule has 4 aliphatic rings. The highest BCUT2D eigenvalue weighted by Gasteiger charge is 2.67. The van der Waals surface area contributed by atoms with E-state index in [1.165, 1.54) is 30.2 Å². The van der Waals surface area contributed by atoms with E-state index in [1.54, 1.807) is 45.4 Å². The number of phenols is 1. The normalized spacial score (nSPS) is 25.6. The van der Waals surface area contributed by atoms with Gasteiger partial charge >= 0.3 is 0 Å². The number of hydrogen-bond donors (Lipinski definition) is 1. The maximum Gasteiger partial charge on any atom is 0.241 e. The van der Waals surface area contributed by atoms with Crippen LogP contribution in [0.2, 0.25) is 5.02 Å². The molecule has 1 N–H and O–H groups in total. The van der Waals surface area contributed by atoms with Gasteiger partial charge in [-0.05, 0) is 97.5 Å². The molecule has 1 saturated carbocycles. The van der Waals surface area contributed by atoms with Gasteiger partial charge in [0, 0.05) is 11.5 Å². The number of carbonyl (C=O) groups excluding carboxylic acids is 4. The molecule has 0 bridgehead atoms. The van der Waals surface area contributed by atoms with E-state index in [0.717, 1.165) is 27.7 Å². The quantitative estimate of drug-likeness (QED) is 0.109. The van der Waals surface area contributed by atoms with Crippen molar-refractivity contribution in [3.05, 3.63) is 118 Å². The minimum atomic E-state index is -1.35. The van der Waals surface area contributed by atoms with Gasteiger partial charge in [-0.25, -0.2) is 9.29 Å². The lowest BCUT2D eigenvalue weighted by Gasteiger charge is -2.49. The van der Waals surface area contributed by atoms with Gasteiger partial charge in [-0.2, -0.15) is 0 Å². The Kier molecular flexibility index (Phi) is 9.23. The number of rotatable bonds is 8. The van der Waals surface area contributed by atoms with Crippen molar-refractivity contribution < 1.29 is 42.9 Å². The Hall–Kier alpha value is -5.94. The van der Waals surface area contributed by atoms with Crippen LogP contribution in [0.5, 0.6) is 23.0 Å². The summed E-state index contributed by atoms with van der Waals surface area (Å²) in [5.41, 5.74) is 2.23. The standard InChI is InChI=1S/C44H38ClFN2O8/c1-44-32(41(51)48(43(44)53)27-12-16-34(46)33(45)21-27)22-31-29(39(44)25-9-17-35(49)37(20-25)56-4)14-15-30-38(31)42(52)47(40(30)50)26-10-6-23(7-11-26)5-8-24-19-28(54-2)13-18-36(24)55-3/h5-14,16-21,30-32,38-39,49H,15,22H2,1-4H3/t30-,31+,32-,38-,39-,44+/m0/s1. The number of aromatic hydroxyl groups is 1. The Bertz CT molecular complexity index is 2380. The molecule has 6 atom stereocenters. The van der Waals surface area contributed by atoms with Gasteiger partial charge in [-0.1, -0.05) is 53.6 Å². The Morgan fingerprint density at radius 3 is 2.21 bits per heavy atom. The molecule has 0 radical (unpaired) electrons. The molecule has 2 aliphatic carbocycles. The average Bonchev–Trinajstić information content (AvgIpc) is 3.57. The molecule has 2 aliphatic heterocycles. The molecule has 4 amide bonds. The number of benzene rings is 4. The van der Waals surface area contributed by atoms with Gasteiger partial charge in [0.1, 0.15) is 17.3 Å². The summed E-state index contributed by atoms with van der Waals surface area (Å²) in [7, 11) is 4.60. The second-order valence-corrected chi connectivity index (χ2v) is 15.1. The average molecular weight is 777 g/mol. The molecule has 12 heteroatoms. The summed E-state index contributed by atoms with van der Waals surface area (Å²) in [6.45, 7) is 1.74. The topological polar surface area (TPSA) is 123 Å². The number of phenolic OH excluding ortho intramolecular Hbond substituents is 1. The third-order valence-electron chi connectivity index (χ3n) is 12.0. The number of fused-ring (bicyclic) bond motifs is 4. The fraction of sp³-hybridized carbons (Fsp3) is 0.273. The van der Waals surface area contributed by atoms with Gasteiger partial charge < -0.3 is 19.3 Å². The van der Waals surface area contributed by atoms with Crippen molar-refractivity contribution in [2.24, 2.45) is 29.1 Å². The van der Waals surface area contributed by atoms with Crippen LogP contribution in [0.4, 0.5) is 15.8 Å². The van der Waals surface area contributed by atoms with E-state index in [0.29, 0.717) is 22.7 Å². The first-order valence-corrected chi connectivity index (χ1v) is 18.6. The molecule has 2 heterocycles. The van der Waals surface area contributed by atoms with Crippen molar-refractivity contribution in [3.63, 3.8) is 0 Å². The summed E-state index contributed by atoms with van der Waals surface area (Å²) < 4.78 is 30.5. The number of halogens is 2. The van der Waals surface area contributed by atoms with Crippen LogP contribution in [0.15, 0.2) is 90.5 Å². The highest BCUT2D eigenvalue weighted by molar-refractivity contribution is 6.32. The van der Waals surface area contributed by atoms with Crippen molar-refractivity contribution in [1.82, 2.24) is 0 Å². The predicted molar refractivity (Wildman–Crippen MR) is 208 cm³/mol. The van der Waals surface area contributed by atoms with Gasteiger partial charge in [0.2, 0.25) is 23.6 Å². The van der Waals surface area contributed by atoms with Crippen LogP contribution in [0.3, 0.4) is 0 Å². The molecular formula is C44H38ClFN2O8. The zero-order valence-corrected chi connectivity index (χ0v) is 31.7. The van der Waals surface area contributed by atoms with E-state index in [-0.39, 0.29) is 46.9 Å². The number of carbonyl (C=O) groups is 4. The number of imide groups is 2. The smallest absolute Gasteiger partial charge is 0.241 e. The van der Waals surface area contributed by atoms with Crippen molar-refractivity contribution in [3.8, 4) is 23.0 Å². The zero-order valence-electron chi connectivity index (χ0n) is 31.0. The number of methoxy groups -OCH3 is 3. The van der Waals surface area contributed by atoms with E-state index in [1.807, 2.05) is 48.6 Å². The van der Waals surface area contributed by atoms with E-state index in [4.69, 9.17) is 25.8 Å². The van der Waals surface area contributed by atoms with Crippen molar-refractivity contribution in [2.45, 2.75) is 25.7 Å². The summed E-state index contributed by atoms with van der Waals surface area (Å²) in [5, 5.41) is 10.3. The van der Waals surface area contributed by atoms with Crippen LogP contribution in [-0.4, -0.2) is 50.1 Å². The van der Waals surface area contributed by atoms with Gasteiger partial charge in [-0.15, -0.1) is 0 Å². The monoisotopic (exact) mass is 776 g/mol. The summed E-state index contributed by atoms with van der Waals surface area (Å²) >= 11 is 6.12. The molecule has 56 heavy (non-hydrogen) atoms. The molecule has 0 spiro atoms. The number of ether oxygens (including phenoxy) is 3. The van der Waals surface area contributed by atoms with Crippen LogP contribution in [-0.2, 0) is 19.2 Å². The van der Waals surface area contributed by atoms with Gasteiger partial charge in [0.25, 0.3) is 0 Å². The molecule has 0 unspecified atom stereocenters. The van der Waals surface area contributed by atoms with Gasteiger partial charge in [0.15, 0.2) is 11.5 Å². The SMILES string of the molecule is COc1ccc(OC)c(C=Cc2ccc(N3C(=O)[C@H]4[C@H](CC=C5[C@H]4C[C@H]4C(=O)N(c6ccc(F)c(Cl)c6)C(=O)[C@@]4(C)[C@H]5c4ccc(O)c(OC)c4)C3=O)cc2)c1. The number of hydrogen-bond acceptors (Lipinski definition) is 8. The number of anilines is 2. The first-order valence-electron chi connectivity index (χ1n) is 18.2. The van der Waals surface area contributed by atoms with E-state index in [9.17, 15) is 28.7 Å². The molecule has 4 aromatic rings. The molecule has 8 rings (SSSR count). The van der Waals surface area contributed by atoms with Gasteiger partial charge in [0.05, 0.1) is 60.9 Å². The van der Waals surface area contributed by atoms with Crippen LogP contribution in [0.25, 0.3) is 12.2 Å². The lowest BCUT2D eigenvalue weighted by molar-refractivity contribution is -0.131.